The van der Waals surface area contributed by atoms with E-state index in [1.54, 1.807) is 24.3 Å². The minimum absolute atomic E-state index is 0.000437. The lowest BCUT2D eigenvalue weighted by Crippen LogP contribution is -2.08. The molecular weight excluding hydrogens is 321 g/mol. The maximum absolute atomic E-state index is 12.8. The van der Waals surface area contributed by atoms with Crippen molar-refractivity contribution in [2.45, 2.75) is 6.18 Å². The van der Waals surface area contributed by atoms with E-state index in [9.17, 15) is 13.2 Å². The first-order chi connectivity index (χ1) is 8.88. The number of rotatable bonds is 2. The van der Waals surface area contributed by atoms with E-state index in [0.29, 0.717) is 15.8 Å². The van der Waals surface area contributed by atoms with Crippen LogP contribution in [-0.2, 0) is 6.18 Å². The van der Waals surface area contributed by atoms with Gasteiger partial charge in [0.2, 0.25) is 0 Å². The van der Waals surface area contributed by atoms with Gasteiger partial charge in [-0.1, -0.05) is 12.1 Å². The van der Waals surface area contributed by atoms with Crippen LogP contribution >= 0.6 is 15.9 Å². The van der Waals surface area contributed by atoms with Crippen LogP contribution in [0, 0.1) is 0 Å². The van der Waals surface area contributed by atoms with Gasteiger partial charge in [0.1, 0.15) is 0 Å². The second-order valence-electron chi connectivity index (χ2n) is 3.91. The van der Waals surface area contributed by atoms with Crippen LogP contribution in [0.15, 0.2) is 46.9 Å². The van der Waals surface area contributed by atoms with Gasteiger partial charge in [-0.25, -0.2) is 0 Å². The van der Waals surface area contributed by atoms with Crippen LogP contribution in [0.5, 0.6) is 0 Å². The van der Waals surface area contributed by atoms with Gasteiger partial charge in [-0.05, 0) is 46.3 Å². The highest BCUT2D eigenvalue weighted by atomic mass is 79.9. The van der Waals surface area contributed by atoms with Crippen LogP contribution in [0.2, 0.25) is 0 Å². The zero-order valence-corrected chi connectivity index (χ0v) is 11.2. The third-order valence-electron chi connectivity index (χ3n) is 2.49. The summed E-state index contributed by atoms with van der Waals surface area (Å²) in [4.78, 5) is 0. The molecule has 0 saturated carbocycles. The molecule has 0 amide bonds. The molecule has 0 bridgehead atoms. The standard InChI is InChI=1S/C13H10BrF3N2/c14-10-7-8(18)5-6-12(10)19-11-4-2-1-3-9(11)13(15,16)17/h1-7,19H,18H2. The number of halogens is 4. The van der Waals surface area contributed by atoms with Gasteiger partial charge in [-0.2, -0.15) is 13.2 Å². The van der Waals surface area contributed by atoms with E-state index in [0.717, 1.165) is 6.07 Å². The van der Waals surface area contributed by atoms with Crippen molar-refractivity contribution in [1.82, 2.24) is 0 Å². The van der Waals surface area contributed by atoms with E-state index in [4.69, 9.17) is 5.73 Å². The Balaban J connectivity index is 2.39. The average molecular weight is 331 g/mol. The van der Waals surface area contributed by atoms with Crippen LogP contribution in [0.3, 0.4) is 0 Å². The molecule has 0 atom stereocenters. The van der Waals surface area contributed by atoms with Gasteiger partial charge in [0.05, 0.1) is 16.9 Å². The fourth-order valence-corrected chi connectivity index (χ4v) is 2.11. The van der Waals surface area contributed by atoms with E-state index in [1.165, 1.54) is 12.1 Å². The molecule has 0 aliphatic rings. The minimum atomic E-state index is -4.40. The maximum atomic E-state index is 12.8. The van der Waals surface area contributed by atoms with Crippen LogP contribution in [0.1, 0.15) is 5.56 Å². The normalized spacial score (nSPS) is 11.4. The topological polar surface area (TPSA) is 38.0 Å². The van der Waals surface area contributed by atoms with Crippen molar-refractivity contribution < 1.29 is 13.2 Å². The largest absolute Gasteiger partial charge is 0.418 e. The molecule has 0 spiro atoms. The van der Waals surface area contributed by atoms with Crippen LogP contribution in [0.4, 0.5) is 30.2 Å². The highest BCUT2D eigenvalue weighted by Crippen LogP contribution is 2.37. The highest BCUT2D eigenvalue weighted by Gasteiger charge is 2.33. The predicted molar refractivity (Wildman–Crippen MR) is 73.3 cm³/mol. The Morgan fingerprint density at radius 3 is 2.32 bits per heavy atom. The minimum Gasteiger partial charge on any atom is -0.399 e. The van der Waals surface area contributed by atoms with E-state index in [1.807, 2.05) is 0 Å². The molecule has 2 rings (SSSR count). The van der Waals surface area contributed by atoms with E-state index < -0.39 is 11.7 Å². The molecule has 2 aromatic rings. The van der Waals surface area contributed by atoms with Gasteiger partial charge >= 0.3 is 6.18 Å². The fraction of sp³-hybridized carbons (Fsp3) is 0.0769. The van der Waals surface area contributed by atoms with Crippen molar-refractivity contribution in [2.24, 2.45) is 0 Å². The first-order valence-electron chi connectivity index (χ1n) is 5.36. The van der Waals surface area contributed by atoms with Gasteiger partial charge in [0, 0.05) is 10.2 Å². The van der Waals surface area contributed by atoms with Crippen molar-refractivity contribution in [3.8, 4) is 0 Å². The molecule has 0 fully saturated rings. The van der Waals surface area contributed by atoms with Gasteiger partial charge in [-0.3, -0.25) is 0 Å². The number of benzene rings is 2. The number of nitrogen functional groups attached to an aromatic ring is 1. The summed E-state index contributed by atoms with van der Waals surface area (Å²) in [6, 6.07) is 10.2. The number of nitrogens with two attached hydrogens (primary N) is 1. The number of alkyl halides is 3. The molecular formula is C13H10BrF3N2. The molecule has 0 aliphatic carbocycles. The Labute approximate surface area is 116 Å². The maximum Gasteiger partial charge on any atom is 0.418 e. The lowest BCUT2D eigenvalue weighted by atomic mass is 10.1. The van der Waals surface area contributed by atoms with Crippen molar-refractivity contribution in [2.75, 3.05) is 11.1 Å². The van der Waals surface area contributed by atoms with Crippen LogP contribution in [-0.4, -0.2) is 0 Å². The molecule has 0 unspecified atom stereocenters. The van der Waals surface area contributed by atoms with Gasteiger partial charge in [-0.15, -0.1) is 0 Å². The summed E-state index contributed by atoms with van der Waals surface area (Å²) < 4.78 is 39.1. The number of nitrogens with one attached hydrogen (secondary N) is 1. The summed E-state index contributed by atoms with van der Waals surface area (Å²) in [5, 5.41) is 2.75. The number of para-hydroxylation sites is 1. The van der Waals surface area contributed by atoms with Gasteiger partial charge in [0.15, 0.2) is 0 Å². The first kappa shape index (κ1) is 13.7. The number of anilines is 3. The van der Waals surface area contributed by atoms with Crippen LogP contribution in [0.25, 0.3) is 0 Å². The smallest absolute Gasteiger partial charge is 0.399 e. The molecule has 100 valence electrons. The summed E-state index contributed by atoms with van der Waals surface area (Å²) >= 11 is 3.26. The quantitative estimate of drug-likeness (QED) is 0.776. The Hall–Kier alpha value is -1.69. The monoisotopic (exact) mass is 330 g/mol. The molecule has 2 nitrogen and oxygen atoms in total. The highest BCUT2D eigenvalue weighted by molar-refractivity contribution is 9.10. The summed E-state index contributed by atoms with van der Waals surface area (Å²) in [5.74, 6) is 0. The Morgan fingerprint density at radius 2 is 1.68 bits per heavy atom. The number of hydrogen-bond acceptors (Lipinski definition) is 2. The molecule has 3 N–H and O–H groups in total. The molecule has 0 aliphatic heterocycles. The van der Waals surface area contributed by atoms with Crippen LogP contribution < -0.4 is 11.1 Å². The summed E-state index contributed by atoms with van der Waals surface area (Å²) in [6.07, 6.45) is -4.40. The van der Waals surface area contributed by atoms with Crippen molar-refractivity contribution >= 4 is 33.0 Å². The lowest BCUT2D eigenvalue weighted by molar-refractivity contribution is -0.136. The fourth-order valence-electron chi connectivity index (χ4n) is 1.62. The SMILES string of the molecule is Nc1ccc(Nc2ccccc2C(F)(F)F)c(Br)c1. The van der Waals surface area contributed by atoms with Crippen molar-refractivity contribution in [3.63, 3.8) is 0 Å². The first-order valence-corrected chi connectivity index (χ1v) is 6.15. The van der Waals surface area contributed by atoms with E-state index >= 15 is 0 Å². The average Bonchev–Trinajstić information content (AvgIpc) is 2.32. The molecule has 0 heterocycles. The van der Waals surface area contributed by atoms with Crippen molar-refractivity contribution in [3.05, 3.63) is 52.5 Å². The molecule has 2 aromatic carbocycles. The molecule has 0 aromatic heterocycles. The molecule has 19 heavy (non-hydrogen) atoms. The molecule has 0 radical (unpaired) electrons. The predicted octanol–water partition coefficient (Wildman–Crippen LogP) is 4.79. The van der Waals surface area contributed by atoms with E-state index in [-0.39, 0.29) is 5.69 Å². The summed E-state index contributed by atoms with van der Waals surface area (Å²) in [7, 11) is 0. The second kappa shape index (κ2) is 5.13. The van der Waals surface area contributed by atoms with Gasteiger partial charge < -0.3 is 11.1 Å². The molecule has 0 saturated heterocycles. The van der Waals surface area contributed by atoms with Crippen molar-refractivity contribution in [1.29, 1.82) is 0 Å². The van der Waals surface area contributed by atoms with Gasteiger partial charge in [0.25, 0.3) is 0 Å². The summed E-state index contributed by atoms with van der Waals surface area (Å²) in [5.41, 5.74) is 5.92. The summed E-state index contributed by atoms with van der Waals surface area (Å²) in [6.45, 7) is 0. The zero-order valence-electron chi connectivity index (χ0n) is 9.63. The second-order valence-corrected chi connectivity index (χ2v) is 4.76. The Bertz CT molecular complexity index is 597. The third-order valence-corrected chi connectivity index (χ3v) is 3.15. The Kier molecular flexibility index (Phi) is 3.71. The third kappa shape index (κ3) is 3.20. The number of hydrogen-bond donors (Lipinski definition) is 2. The Morgan fingerprint density at radius 1 is 1.00 bits per heavy atom. The molecule has 6 heteroatoms. The van der Waals surface area contributed by atoms with E-state index in [2.05, 4.69) is 21.2 Å². The zero-order chi connectivity index (χ0) is 14.0. The lowest BCUT2D eigenvalue weighted by Gasteiger charge is -2.15.